The molecule has 2 fully saturated rings. The summed E-state index contributed by atoms with van der Waals surface area (Å²) in [7, 11) is 1.52. The lowest BCUT2D eigenvalue weighted by molar-refractivity contribution is -0.142. The minimum Gasteiger partial charge on any atom is -0.375 e. The molecule has 0 radical (unpaired) electrons. The summed E-state index contributed by atoms with van der Waals surface area (Å²) in [6.45, 7) is 3.54. The van der Waals surface area contributed by atoms with Crippen molar-refractivity contribution in [2.45, 2.75) is 18.9 Å². The zero-order valence-electron chi connectivity index (χ0n) is 10.9. The molecular weight excluding hydrogens is 234 g/mol. The van der Waals surface area contributed by atoms with Gasteiger partial charge in [0.15, 0.2) is 0 Å². The highest BCUT2D eigenvalue weighted by Crippen LogP contribution is 2.11. The number of carbonyl (C=O) groups is 2. The van der Waals surface area contributed by atoms with Gasteiger partial charge in [-0.25, -0.2) is 0 Å². The summed E-state index contributed by atoms with van der Waals surface area (Å²) in [5.74, 6) is 0.190. The Morgan fingerprint density at radius 1 is 1.22 bits per heavy atom. The van der Waals surface area contributed by atoms with Crippen molar-refractivity contribution in [3.05, 3.63) is 0 Å². The standard InChI is InChI=1S/C12H21N3O3/c1-18-9-11(16)14-5-7-15(8-6-14)12(17)10-3-2-4-13-10/h10,13H,2-9H2,1H3/t10-/m1/s1. The Morgan fingerprint density at radius 2 is 1.89 bits per heavy atom. The van der Waals surface area contributed by atoms with E-state index in [4.69, 9.17) is 4.74 Å². The van der Waals surface area contributed by atoms with Crippen LogP contribution in [0.3, 0.4) is 0 Å². The van der Waals surface area contributed by atoms with Gasteiger partial charge in [-0.05, 0) is 19.4 Å². The molecule has 0 aromatic heterocycles. The number of hydrogen-bond acceptors (Lipinski definition) is 4. The summed E-state index contributed by atoms with van der Waals surface area (Å²) < 4.78 is 4.83. The average Bonchev–Trinajstić information content (AvgIpc) is 2.92. The largest absolute Gasteiger partial charge is 0.375 e. The van der Waals surface area contributed by atoms with E-state index in [1.807, 2.05) is 4.90 Å². The molecule has 2 rings (SSSR count). The van der Waals surface area contributed by atoms with E-state index in [1.54, 1.807) is 4.90 Å². The smallest absolute Gasteiger partial charge is 0.248 e. The van der Waals surface area contributed by atoms with Crippen molar-refractivity contribution in [2.75, 3.05) is 46.4 Å². The molecule has 0 spiro atoms. The van der Waals surface area contributed by atoms with Gasteiger partial charge < -0.3 is 19.9 Å². The average molecular weight is 255 g/mol. The zero-order chi connectivity index (χ0) is 13.0. The highest BCUT2D eigenvalue weighted by Gasteiger charge is 2.30. The van der Waals surface area contributed by atoms with Crippen molar-refractivity contribution >= 4 is 11.8 Å². The van der Waals surface area contributed by atoms with E-state index in [0.717, 1.165) is 19.4 Å². The number of rotatable bonds is 3. The molecule has 6 nitrogen and oxygen atoms in total. The quantitative estimate of drug-likeness (QED) is 0.707. The Labute approximate surface area is 107 Å². The van der Waals surface area contributed by atoms with Crippen LogP contribution in [0.4, 0.5) is 0 Å². The predicted molar refractivity (Wildman–Crippen MR) is 66.1 cm³/mol. The normalized spacial score (nSPS) is 24.4. The molecule has 6 heteroatoms. The molecule has 18 heavy (non-hydrogen) atoms. The third kappa shape index (κ3) is 3.00. The lowest BCUT2D eigenvalue weighted by atomic mass is 10.2. The first-order valence-corrected chi connectivity index (χ1v) is 6.51. The number of carbonyl (C=O) groups excluding carboxylic acids is 2. The van der Waals surface area contributed by atoms with E-state index in [-0.39, 0.29) is 24.5 Å². The van der Waals surface area contributed by atoms with E-state index in [2.05, 4.69) is 5.32 Å². The van der Waals surface area contributed by atoms with Crippen LogP contribution in [-0.4, -0.2) is 74.1 Å². The lowest BCUT2D eigenvalue weighted by Gasteiger charge is -2.35. The maximum atomic E-state index is 12.1. The summed E-state index contributed by atoms with van der Waals surface area (Å²) in [4.78, 5) is 27.4. The lowest BCUT2D eigenvalue weighted by Crippen LogP contribution is -2.54. The number of piperazine rings is 1. The molecule has 2 aliphatic rings. The van der Waals surface area contributed by atoms with Gasteiger partial charge in [0.2, 0.25) is 11.8 Å². The van der Waals surface area contributed by atoms with Crippen LogP contribution in [0.2, 0.25) is 0 Å². The highest BCUT2D eigenvalue weighted by atomic mass is 16.5. The molecule has 0 aromatic carbocycles. The monoisotopic (exact) mass is 255 g/mol. The van der Waals surface area contributed by atoms with Crippen LogP contribution in [0.1, 0.15) is 12.8 Å². The summed E-state index contributed by atoms with van der Waals surface area (Å²) >= 11 is 0. The number of ether oxygens (including phenoxy) is 1. The third-order valence-electron chi connectivity index (χ3n) is 3.57. The van der Waals surface area contributed by atoms with Crippen LogP contribution < -0.4 is 5.32 Å². The highest BCUT2D eigenvalue weighted by molar-refractivity contribution is 5.83. The topological polar surface area (TPSA) is 61.9 Å². The Morgan fingerprint density at radius 3 is 2.44 bits per heavy atom. The SMILES string of the molecule is COCC(=O)N1CCN(C(=O)[C@H]2CCCN2)CC1. The molecule has 0 bridgehead atoms. The van der Waals surface area contributed by atoms with E-state index in [9.17, 15) is 9.59 Å². The molecule has 0 aliphatic carbocycles. The molecule has 102 valence electrons. The van der Waals surface area contributed by atoms with Gasteiger partial charge in [-0.3, -0.25) is 9.59 Å². The maximum absolute atomic E-state index is 12.1. The van der Waals surface area contributed by atoms with Gasteiger partial charge in [-0.2, -0.15) is 0 Å². The molecule has 0 unspecified atom stereocenters. The molecule has 2 aliphatic heterocycles. The second kappa shape index (κ2) is 6.15. The maximum Gasteiger partial charge on any atom is 0.248 e. The van der Waals surface area contributed by atoms with Crippen molar-refractivity contribution in [3.63, 3.8) is 0 Å². The first kappa shape index (κ1) is 13.3. The summed E-state index contributed by atoms with van der Waals surface area (Å²) in [5.41, 5.74) is 0. The van der Waals surface area contributed by atoms with Gasteiger partial charge in [-0.15, -0.1) is 0 Å². The second-order valence-corrected chi connectivity index (χ2v) is 4.79. The molecule has 2 heterocycles. The second-order valence-electron chi connectivity index (χ2n) is 4.79. The first-order valence-electron chi connectivity index (χ1n) is 6.51. The molecule has 0 saturated carbocycles. The van der Waals surface area contributed by atoms with Gasteiger partial charge in [0.25, 0.3) is 0 Å². The Kier molecular flexibility index (Phi) is 4.54. The van der Waals surface area contributed by atoms with Gasteiger partial charge >= 0.3 is 0 Å². The molecule has 2 amide bonds. The number of nitrogens with one attached hydrogen (secondary N) is 1. The molecule has 1 atom stereocenters. The summed E-state index contributed by atoms with van der Waals surface area (Å²) in [6, 6.07) is -0.00812. The Balaban J connectivity index is 1.79. The fourth-order valence-corrected chi connectivity index (χ4v) is 2.51. The van der Waals surface area contributed by atoms with Crippen LogP contribution in [0.25, 0.3) is 0 Å². The van der Waals surface area contributed by atoms with Crippen molar-refractivity contribution in [2.24, 2.45) is 0 Å². The molecule has 2 saturated heterocycles. The first-order chi connectivity index (χ1) is 8.72. The van der Waals surface area contributed by atoms with Crippen LogP contribution >= 0.6 is 0 Å². The fourth-order valence-electron chi connectivity index (χ4n) is 2.51. The van der Waals surface area contributed by atoms with Crippen molar-refractivity contribution < 1.29 is 14.3 Å². The number of amides is 2. The van der Waals surface area contributed by atoms with Crippen LogP contribution in [0.15, 0.2) is 0 Å². The zero-order valence-corrected chi connectivity index (χ0v) is 10.9. The van der Waals surface area contributed by atoms with Gasteiger partial charge in [0.05, 0.1) is 6.04 Å². The van der Waals surface area contributed by atoms with Gasteiger partial charge in [0, 0.05) is 33.3 Å². The van der Waals surface area contributed by atoms with E-state index in [0.29, 0.717) is 26.2 Å². The van der Waals surface area contributed by atoms with Gasteiger partial charge in [0.1, 0.15) is 6.61 Å². The summed E-state index contributed by atoms with van der Waals surface area (Å²) in [5, 5.41) is 3.22. The van der Waals surface area contributed by atoms with E-state index in [1.165, 1.54) is 7.11 Å². The van der Waals surface area contributed by atoms with Crippen LogP contribution in [-0.2, 0) is 14.3 Å². The molecule has 1 N–H and O–H groups in total. The minimum atomic E-state index is -0.00812. The number of hydrogen-bond donors (Lipinski definition) is 1. The Hall–Kier alpha value is -1.14. The number of nitrogens with zero attached hydrogens (tertiary/aromatic N) is 2. The van der Waals surface area contributed by atoms with Crippen molar-refractivity contribution in [1.82, 2.24) is 15.1 Å². The van der Waals surface area contributed by atoms with E-state index >= 15 is 0 Å². The molecular formula is C12H21N3O3. The van der Waals surface area contributed by atoms with Crippen molar-refractivity contribution in [1.29, 1.82) is 0 Å². The predicted octanol–water partition coefficient (Wildman–Crippen LogP) is -0.944. The minimum absolute atomic E-state index is 0.00332. The summed E-state index contributed by atoms with van der Waals surface area (Å²) in [6.07, 6.45) is 2.00. The molecule has 0 aromatic rings. The van der Waals surface area contributed by atoms with Crippen molar-refractivity contribution in [3.8, 4) is 0 Å². The Bertz CT molecular complexity index is 308. The fraction of sp³-hybridized carbons (Fsp3) is 0.833. The van der Waals surface area contributed by atoms with Gasteiger partial charge in [-0.1, -0.05) is 0 Å². The van der Waals surface area contributed by atoms with Crippen LogP contribution in [0.5, 0.6) is 0 Å². The third-order valence-corrected chi connectivity index (χ3v) is 3.57. The van der Waals surface area contributed by atoms with E-state index < -0.39 is 0 Å². The number of methoxy groups -OCH3 is 1. The van der Waals surface area contributed by atoms with Crippen LogP contribution in [0, 0.1) is 0 Å².